The highest BCUT2D eigenvalue weighted by Gasteiger charge is 2.26. The zero-order valence-corrected chi connectivity index (χ0v) is 14.9. The van der Waals surface area contributed by atoms with E-state index in [9.17, 15) is 4.79 Å². The summed E-state index contributed by atoms with van der Waals surface area (Å²) in [6.07, 6.45) is -0.235. The Morgan fingerprint density at radius 2 is 1.78 bits per heavy atom. The third-order valence-corrected chi connectivity index (χ3v) is 3.99. The van der Waals surface area contributed by atoms with E-state index in [1.165, 1.54) is 5.56 Å². The minimum atomic E-state index is -0.454. The zero-order valence-electron chi connectivity index (χ0n) is 14.9. The van der Waals surface area contributed by atoms with Crippen molar-refractivity contribution >= 4 is 17.5 Å². The van der Waals surface area contributed by atoms with Gasteiger partial charge in [-0.2, -0.15) is 0 Å². The van der Waals surface area contributed by atoms with Crippen molar-refractivity contribution in [2.75, 3.05) is 36.8 Å². The van der Waals surface area contributed by atoms with Crippen LogP contribution >= 0.6 is 0 Å². The van der Waals surface area contributed by atoms with Gasteiger partial charge in [-0.05, 0) is 44.4 Å². The van der Waals surface area contributed by atoms with Gasteiger partial charge in [-0.25, -0.2) is 4.79 Å². The summed E-state index contributed by atoms with van der Waals surface area (Å²) < 4.78 is 5.44. The number of amides is 1. The molecule has 1 aromatic rings. The summed E-state index contributed by atoms with van der Waals surface area (Å²) in [6.45, 7) is 12.9. The predicted molar refractivity (Wildman–Crippen MR) is 95.0 cm³/mol. The molecular formula is C18H29N3O2. The van der Waals surface area contributed by atoms with E-state index in [2.05, 4.69) is 30.9 Å². The second-order valence-corrected chi connectivity index (χ2v) is 7.43. The van der Waals surface area contributed by atoms with Crippen molar-refractivity contribution in [1.82, 2.24) is 4.90 Å². The van der Waals surface area contributed by atoms with Crippen LogP contribution in [0.2, 0.25) is 0 Å². The molecule has 0 saturated carbocycles. The van der Waals surface area contributed by atoms with Crippen LogP contribution in [0.4, 0.5) is 16.2 Å². The lowest BCUT2D eigenvalue weighted by atomic mass is 10.0. The summed E-state index contributed by atoms with van der Waals surface area (Å²) in [6, 6.07) is 6.23. The Bertz CT molecular complexity index is 556. The van der Waals surface area contributed by atoms with Crippen molar-refractivity contribution in [3.8, 4) is 0 Å². The van der Waals surface area contributed by atoms with E-state index in [1.807, 2.05) is 26.8 Å². The second-order valence-electron chi connectivity index (χ2n) is 7.43. The van der Waals surface area contributed by atoms with Crippen LogP contribution in [0.1, 0.15) is 46.1 Å². The highest BCUT2D eigenvalue weighted by atomic mass is 16.6. The number of nitrogens with zero attached hydrogens (tertiary/aromatic N) is 2. The monoisotopic (exact) mass is 319 g/mol. The van der Waals surface area contributed by atoms with Crippen LogP contribution in [0.25, 0.3) is 0 Å². The highest BCUT2D eigenvalue weighted by Crippen LogP contribution is 2.29. The van der Waals surface area contributed by atoms with E-state index in [0.29, 0.717) is 19.0 Å². The van der Waals surface area contributed by atoms with E-state index in [1.54, 1.807) is 4.90 Å². The van der Waals surface area contributed by atoms with Crippen molar-refractivity contribution in [2.45, 2.75) is 46.1 Å². The Hall–Kier alpha value is -1.91. The first-order valence-corrected chi connectivity index (χ1v) is 8.29. The van der Waals surface area contributed by atoms with Gasteiger partial charge in [0, 0.05) is 26.2 Å². The number of ether oxygens (including phenoxy) is 1. The number of piperazine rings is 1. The molecule has 0 bridgehead atoms. The minimum Gasteiger partial charge on any atom is -0.444 e. The molecule has 1 aromatic carbocycles. The molecule has 2 N–H and O–H groups in total. The van der Waals surface area contributed by atoms with Crippen LogP contribution < -0.4 is 10.6 Å². The van der Waals surface area contributed by atoms with Crippen molar-refractivity contribution in [3.63, 3.8) is 0 Å². The normalized spacial score (nSPS) is 15.9. The molecule has 128 valence electrons. The van der Waals surface area contributed by atoms with Gasteiger partial charge in [-0.3, -0.25) is 0 Å². The van der Waals surface area contributed by atoms with E-state index in [0.717, 1.165) is 24.5 Å². The number of carbonyl (C=O) groups excluding carboxylic acids is 1. The van der Waals surface area contributed by atoms with E-state index < -0.39 is 5.60 Å². The summed E-state index contributed by atoms with van der Waals surface area (Å²) >= 11 is 0. The maximum absolute atomic E-state index is 12.1. The molecule has 5 heteroatoms. The van der Waals surface area contributed by atoms with Gasteiger partial charge in [0.1, 0.15) is 5.60 Å². The van der Waals surface area contributed by atoms with E-state index in [4.69, 9.17) is 10.5 Å². The van der Waals surface area contributed by atoms with Gasteiger partial charge in [0.2, 0.25) is 0 Å². The van der Waals surface area contributed by atoms with E-state index in [-0.39, 0.29) is 6.09 Å². The highest BCUT2D eigenvalue weighted by molar-refractivity contribution is 5.71. The van der Waals surface area contributed by atoms with Crippen molar-refractivity contribution in [3.05, 3.63) is 23.8 Å². The SMILES string of the molecule is CC(C)c1ccc(N)c(N2CCN(C(=O)OC(C)(C)C)CC2)c1. The third kappa shape index (κ3) is 4.53. The first-order chi connectivity index (χ1) is 10.7. The maximum Gasteiger partial charge on any atom is 0.410 e. The number of hydrogen-bond acceptors (Lipinski definition) is 4. The zero-order chi connectivity index (χ0) is 17.2. The quantitative estimate of drug-likeness (QED) is 0.848. The topological polar surface area (TPSA) is 58.8 Å². The molecule has 0 aromatic heterocycles. The molecule has 0 atom stereocenters. The summed E-state index contributed by atoms with van der Waals surface area (Å²) in [7, 11) is 0. The fraction of sp³-hybridized carbons (Fsp3) is 0.611. The number of benzene rings is 1. The fourth-order valence-electron chi connectivity index (χ4n) is 2.65. The van der Waals surface area contributed by atoms with Crippen LogP contribution in [-0.2, 0) is 4.74 Å². The third-order valence-electron chi connectivity index (χ3n) is 3.99. The Kier molecular flexibility index (Phi) is 5.07. The van der Waals surface area contributed by atoms with Gasteiger partial charge in [-0.15, -0.1) is 0 Å². The summed E-state index contributed by atoms with van der Waals surface area (Å²) in [5.74, 6) is 0.470. The molecule has 0 spiro atoms. The van der Waals surface area contributed by atoms with Crippen molar-refractivity contribution < 1.29 is 9.53 Å². The lowest BCUT2D eigenvalue weighted by molar-refractivity contribution is 0.0240. The molecule has 23 heavy (non-hydrogen) atoms. The second kappa shape index (κ2) is 6.69. The van der Waals surface area contributed by atoms with Gasteiger partial charge in [-0.1, -0.05) is 19.9 Å². The molecule has 1 amide bonds. The smallest absolute Gasteiger partial charge is 0.410 e. The molecule has 1 heterocycles. The van der Waals surface area contributed by atoms with Crippen molar-refractivity contribution in [1.29, 1.82) is 0 Å². The first-order valence-electron chi connectivity index (χ1n) is 8.29. The van der Waals surface area contributed by atoms with Gasteiger partial charge in [0.25, 0.3) is 0 Å². The van der Waals surface area contributed by atoms with E-state index >= 15 is 0 Å². The molecule has 1 saturated heterocycles. The van der Waals surface area contributed by atoms with Crippen LogP contribution in [0.3, 0.4) is 0 Å². The Morgan fingerprint density at radius 1 is 1.17 bits per heavy atom. The van der Waals surface area contributed by atoms with Gasteiger partial charge >= 0.3 is 6.09 Å². The summed E-state index contributed by atoms with van der Waals surface area (Å²) in [4.78, 5) is 16.1. The Morgan fingerprint density at radius 3 is 2.30 bits per heavy atom. The number of hydrogen-bond donors (Lipinski definition) is 1. The maximum atomic E-state index is 12.1. The lowest BCUT2D eigenvalue weighted by Crippen LogP contribution is -2.50. The summed E-state index contributed by atoms with van der Waals surface area (Å²) in [5.41, 5.74) is 8.84. The molecule has 0 unspecified atom stereocenters. The van der Waals surface area contributed by atoms with Crippen molar-refractivity contribution in [2.24, 2.45) is 0 Å². The molecule has 0 aliphatic carbocycles. The Labute approximate surface area is 139 Å². The van der Waals surface area contributed by atoms with Gasteiger partial charge in [0.05, 0.1) is 11.4 Å². The lowest BCUT2D eigenvalue weighted by Gasteiger charge is -2.37. The van der Waals surface area contributed by atoms with Gasteiger partial charge < -0.3 is 20.3 Å². The summed E-state index contributed by atoms with van der Waals surface area (Å²) in [5, 5.41) is 0. The average molecular weight is 319 g/mol. The minimum absolute atomic E-state index is 0.235. The van der Waals surface area contributed by atoms with Crippen LogP contribution in [0.5, 0.6) is 0 Å². The van der Waals surface area contributed by atoms with Crippen LogP contribution in [0, 0.1) is 0 Å². The molecule has 2 rings (SSSR count). The van der Waals surface area contributed by atoms with Gasteiger partial charge in [0.15, 0.2) is 0 Å². The molecular weight excluding hydrogens is 290 g/mol. The first kappa shape index (κ1) is 17.4. The molecule has 5 nitrogen and oxygen atoms in total. The number of nitrogen functional groups attached to an aromatic ring is 1. The number of nitrogens with two attached hydrogens (primary N) is 1. The number of rotatable bonds is 2. The predicted octanol–water partition coefficient (Wildman–Crippen LogP) is 3.45. The largest absolute Gasteiger partial charge is 0.444 e. The number of anilines is 2. The van der Waals surface area contributed by atoms with Crippen LogP contribution in [0.15, 0.2) is 18.2 Å². The molecule has 1 aliphatic heterocycles. The molecule has 1 aliphatic rings. The molecule has 0 radical (unpaired) electrons. The van der Waals surface area contributed by atoms with Crippen LogP contribution in [-0.4, -0.2) is 42.8 Å². The standard InChI is InChI=1S/C18H29N3O2/c1-13(2)14-6-7-15(19)16(12-14)20-8-10-21(11-9-20)17(22)23-18(3,4)5/h6-7,12-13H,8-11,19H2,1-5H3. The fourth-order valence-corrected chi connectivity index (χ4v) is 2.65. The Balaban J connectivity index is 2.02. The number of carbonyl (C=O) groups is 1. The molecule has 1 fully saturated rings. The average Bonchev–Trinajstić information content (AvgIpc) is 2.46.